The van der Waals surface area contributed by atoms with Crippen LogP contribution in [0.1, 0.15) is 26.7 Å². The molecule has 1 saturated carbocycles. The number of rotatable bonds is 2. The molecule has 0 saturated heterocycles. The molecule has 2 rings (SSSR count). The van der Waals surface area contributed by atoms with E-state index in [1.54, 1.807) is 6.08 Å². The lowest BCUT2D eigenvalue weighted by molar-refractivity contribution is -0.156. The first kappa shape index (κ1) is 14.1. The number of hydrogen-bond donors (Lipinski definition) is 2. The summed E-state index contributed by atoms with van der Waals surface area (Å²) in [7, 11) is 0. The first-order chi connectivity index (χ1) is 8.91. The molecule has 19 heavy (non-hydrogen) atoms. The van der Waals surface area contributed by atoms with Crippen LogP contribution in [0.3, 0.4) is 0 Å². The van der Waals surface area contributed by atoms with E-state index in [-0.39, 0.29) is 24.0 Å². The Morgan fingerprint density at radius 3 is 2.68 bits per heavy atom. The summed E-state index contributed by atoms with van der Waals surface area (Å²) in [5, 5.41) is 19.2. The van der Waals surface area contributed by atoms with Crippen molar-refractivity contribution in [3.63, 3.8) is 0 Å². The van der Waals surface area contributed by atoms with Crippen molar-refractivity contribution in [1.29, 1.82) is 0 Å². The van der Waals surface area contributed by atoms with Gasteiger partial charge in [0.15, 0.2) is 0 Å². The van der Waals surface area contributed by atoms with Crippen molar-refractivity contribution in [2.45, 2.75) is 32.8 Å². The molecule has 5 nitrogen and oxygen atoms in total. The van der Waals surface area contributed by atoms with E-state index in [1.807, 2.05) is 0 Å². The van der Waals surface area contributed by atoms with E-state index in [0.29, 0.717) is 12.3 Å². The molecule has 0 bridgehead atoms. The molecule has 0 aromatic carbocycles. The van der Waals surface area contributed by atoms with Crippen molar-refractivity contribution in [2.24, 2.45) is 23.7 Å². The largest absolute Gasteiger partial charge is 0.478 e. The number of carboxylic acid groups (broad SMARTS) is 1. The van der Waals surface area contributed by atoms with Crippen LogP contribution < -0.4 is 0 Å². The molecule has 0 aromatic rings. The molecule has 1 aliphatic carbocycles. The molecule has 0 aromatic heterocycles. The molecule has 1 heterocycles. The molecular formula is C14H20O5. The highest BCUT2D eigenvalue weighted by atomic mass is 16.5. The number of hydrogen-bond acceptors (Lipinski definition) is 4. The Morgan fingerprint density at radius 1 is 1.42 bits per heavy atom. The molecule has 0 amide bonds. The maximum absolute atomic E-state index is 12.0. The predicted octanol–water partition coefficient (Wildman–Crippen LogP) is 1.21. The Morgan fingerprint density at radius 2 is 2.11 bits per heavy atom. The van der Waals surface area contributed by atoms with Crippen LogP contribution in [0.5, 0.6) is 0 Å². The molecule has 106 valence electrons. The summed E-state index contributed by atoms with van der Waals surface area (Å²) < 4.78 is 5.00. The van der Waals surface area contributed by atoms with Gasteiger partial charge in [-0.05, 0) is 30.6 Å². The minimum Gasteiger partial charge on any atom is -0.478 e. The highest BCUT2D eigenvalue weighted by molar-refractivity contribution is 5.88. The summed E-state index contributed by atoms with van der Waals surface area (Å²) in [5.74, 6) is -1.88. The number of carboxylic acids is 1. The molecule has 0 spiro atoms. The maximum Gasteiger partial charge on any atom is 0.334 e. The van der Waals surface area contributed by atoms with Crippen LogP contribution in [-0.2, 0) is 14.3 Å². The minimum absolute atomic E-state index is 0.112. The van der Waals surface area contributed by atoms with Crippen LogP contribution in [0.15, 0.2) is 11.6 Å². The Kier molecular flexibility index (Phi) is 3.94. The number of fused-ring (bicyclic) bond motifs is 1. The number of cyclic esters (lactones) is 1. The van der Waals surface area contributed by atoms with Gasteiger partial charge in [-0.25, -0.2) is 4.79 Å². The first-order valence-corrected chi connectivity index (χ1v) is 6.70. The van der Waals surface area contributed by atoms with Gasteiger partial charge >= 0.3 is 11.9 Å². The van der Waals surface area contributed by atoms with Crippen molar-refractivity contribution in [3.05, 3.63) is 11.6 Å². The molecular weight excluding hydrogens is 248 g/mol. The zero-order valence-electron chi connectivity index (χ0n) is 11.2. The van der Waals surface area contributed by atoms with Gasteiger partial charge in [-0.15, -0.1) is 0 Å². The van der Waals surface area contributed by atoms with Gasteiger partial charge < -0.3 is 14.9 Å². The van der Waals surface area contributed by atoms with E-state index in [2.05, 4.69) is 13.8 Å². The average Bonchev–Trinajstić information content (AvgIpc) is 2.49. The number of carbonyl (C=O) groups is 2. The molecule has 1 fully saturated rings. The summed E-state index contributed by atoms with van der Waals surface area (Å²) in [6.45, 7) is 3.91. The van der Waals surface area contributed by atoms with Crippen molar-refractivity contribution < 1.29 is 24.5 Å². The van der Waals surface area contributed by atoms with Crippen molar-refractivity contribution >= 4 is 11.9 Å². The number of carbonyl (C=O) groups excluding carboxylic acids is 1. The van der Waals surface area contributed by atoms with Crippen molar-refractivity contribution in [1.82, 2.24) is 0 Å². The van der Waals surface area contributed by atoms with Gasteiger partial charge in [0.25, 0.3) is 0 Å². The summed E-state index contributed by atoms with van der Waals surface area (Å²) >= 11 is 0. The molecule has 5 heteroatoms. The summed E-state index contributed by atoms with van der Waals surface area (Å²) in [6.07, 6.45) is 2.26. The zero-order chi connectivity index (χ0) is 14.2. The van der Waals surface area contributed by atoms with E-state index in [4.69, 9.17) is 9.84 Å². The number of ether oxygens (including phenoxy) is 1. The van der Waals surface area contributed by atoms with E-state index in [1.165, 1.54) is 0 Å². The number of esters is 1. The maximum atomic E-state index is 12.0. The average molecular weight is 268 g/mol. The second-order valence-corrected chi connectivity index (χ2v) is 5.76. The highest BCUT2D eigenvalue weighted by Gasteiger charge is 2.45. The number of aliphatic hydroxyl groups excluding tert-OH is 1. The monoisotopic (exact) mass is 268 g/mol. The van der Waals surface area contributed by atoms with E-state index < -0.39 is 24.0 Å². The van der Waals surface area contributed by atoms with Crippen molar-refractivity contribution in [2.75, 3.05) is 6.61 Å². The fourth-order valence-corrected chi connectivity index (χ4v) is 3.24. The van der Waals surface area contributed by atoms with Gasteiger partial charge in [-0.3, -0.25) is 4.79 Å². The second-order valence-electron chi connectivity index (χ2n) is 5.76. The third kappa shape index (κ3) is 2.66. The third-order valence-electron chi connectivity index (χ3n) is 4.29. The van der Waals surface area contributed by atoms with Crippen LogP contribution in [0.25, 0.3) is 0 Å². The zero-order valence-corrected chi connectivity index (χ0v) is 11.2. The molecule has 0 radical (unpaired) electrons. The van der Waals surface area contributed by atoms with Gasteiger partial charge in [-0.2, -0.15) is 0 Å². The third-order valence-corrected chi connectivity index (χ3v) is 4.29. The van der Waals surface area contributed by atoms with Gasteiger partial charge in [0.2, 0.25) is 0 Å². The molecule has 2 aliphatic rings. The second kappa shape index (κ2) is 5.33. The molecule has 4 atom stereocenters. The molecule has 2 N–H and O–H groups in total. The quantitative estimate of drug-likeness (QED) is 0.735. The Bertz CT molecular complexity index is 412. The molecule has 1 aliphatic heterocycles. The van der Waals surface area contributed by atoms with Crippen LogP contribution in [0.4, 0.5) is 0 Å². The Balaban J connectivity index is 2.39. The standard InChI is InChI=1S/C14H20O5/c1-7(2)9-3-4-11(15)12-10(9)5-8(13(16)17)6-19-14(12)18/h5,7,9-12,15H,3-4,6H2,1-2H3,(H,16,17)/t9?,10-,11+,12+/m1/s1. The van der Waals surface area contributed by atoms with Crippen LogP contribution in [0, 0.1) is 23.7 Å². The number of aliphatic carboxylic acids is 1. The normalized spacial score (nSPS) is 35.2. The number of aliphatic hydroxyl groups is 1. The molecule has 1 unspecified atom stereocenters. The van der Waals surface area contributed by atoms with Crippen LogP contribution in [-0.4, -0.2) is 34.9 Å². The van der Waals surface area contributed by atoms with E-state index in [9.17, 15) is 14.7 Å². The topological polar surface area (TPSA) is 83.8 Å². The van der Waals surface area contributed by atoms with Crippen LogP contribution >= 0.6 is 0 Å². The Hall–Kier alpha value is -1.36. The first-order valence-electron chi connectivity index (χ1n) is 6.70. The summed E-state index contributed by atoms with van der Waals surface area (Å²) in [4.78, 5) is 23.1. The Labute approximate surface area is 112 Å². The minimum atomic E-state index is -1.06. The van der Waals surface area contributed by atoms with Crippen molar-refractivity contribution in [3.8, 4) is 0 Å². The van der Waals surface area contributed by atoms with Gasteiger partial charge in [0.05, 0.1) is 17.6 Å². The van der Waals surface area contributed by atoms with Gasteiger partial charge in [0.1, 0.15) is 6.61 Å². The number of allylic oxidation sites excluding steroid dienone is 1. The SMILES string of the molecule is CC(C)C1CC[C@H](O)[C@H]2C(=O)OCC(C(=O)O)=C[C@H]12. The lowest BCUT2D eigenvalue weighted by atomic mass is 9.66. The lowest BCUT2D eigenvalue weighted by Gasteiger charge is -2.39. The predicted molar refractivity (Wildman–Crippen MR) is 67.2 cm³/mol. The lowest BCUT2D eigenvalue weighted by Crippen LogP contribution is -2.43. The summed E-state index contributed by atoms with van der Waals surface area (Å²) in [5.41, 5.74) is 0.112. The van der Waals surface area contributed by atoms with Gasteiger partial charge in [0, 0.05) is 0 Å². The fraction of sp³-hybridized carbons (Fsp3) is 0.714. The van der Waals surface area contributed by atoms with E-state index >= 15 is 0 Å². The summed E-state index contributed by atoms with van der Waals surface area (Å²) in [6, 6.07) is 0. The van der Waals surface area contributed by atoms with Crippen LogP contribution in [0.2, 0.25) is 0 Å². The smallest absolute Gasteiger partial charge is 0.334 e. The van der Waals surface area contributed by atoms with E-state index in [0.717, 1.165) is 6.42 Å². The highest BCUT2D eigenvalue weighted by Crippen LogP contribution is 2.42. The van der Waals surface area contributed by atoms with Gasteiger partial charge in [-0.1, -0.05) is 19.9 Å². The fourth-order valence-electron chi connectivity index (χ4n) is 3.24.